The van der Waals surface area contributed by atoms with Gasteiger partial charge in [-0.3, -0.25) is 9.10 Å². The lowest BCUT2D eigenvalue weighted by atomic mass is 10.2. The smallest absolute Gasteiger partial charge is 0.232 e. The average molecular weight is 385 g/mol. The zero-order chi connectivity index (χ0) is 18.4. The molecule has 0 fully saturated rings. The van der Waals surface area contributed by atoms with Crippen LogP contribution in [0.15, 0.2) is 48.5 Å². The van der Waals surface area contributed by atoms with Gasteiger partial charge in [-0.1, -0.05) is 29.8 Å². The van der Waals surface area contributed by atoms with Gasteiger partial charge < -0.3 is 5.32 Å². The number of carbonyl (C=O) groups is 1. The van der Waals surface area contributed by atoms with Crippen LogP contribution in [0.4, 0.5) is 10.1 Å². The third-order valence-electron chi connectivity index (χ3n) is 3.49. The van der Waals surface area contributed by atoms with E-state index in [1.807, 2.05) is 6.07 Å². The number of hydrogen-bond donors (Lipinski definition) is 1. The van der Waals surface area contributed by atoms with Gasteiger partial charge in [-0.05, 0) is 35.9 Å². The molecule has 0 heterocycles. The number of nitrogens with one attached hydrogen (secondary N) is 1. The largest absolute Gasteiger partial charge is 0.352 e. The van der Waals surface area contributed by atoms with Crippen LogP contribution in [-0.4, -0.2) is 27.1 Å². The molecule has 0 aliphatic carbocycles. The summed E-state index contributed by atoms with van der Waals surface area (Å²) in [6.07, 6.45) is 1.01. The number of rotatable bonds is 7. The molecule has 0 aliphatic heterocycles. The molecule has 0 radical (unpaired) electrons. The van der Waals surface area contributed by atoms with Crippen LogP contribution in [0.5, 0.6) is 0 Å². The van der Waals surface area contributed by atoms with E-state index in [1.54, 1.807) is 18.2 Å². The van der Waals surface area contributed by atoms with Crippen LogP contribution >= 0.6 is 11.6 Å². The van der Waals surface area contributed by atoms with E-state index in [0.717, 1.165) is 16.1 Å². The molecule has 0 aromatic heterocycles. The summed E-state index contributed by atoms with van der Waals surface area (Å²) in [6, 6.07) is 12.2. The van der Waals surface area contributed by atoms with E-state index in [2.05, 4.69) is 5.32 Å². The van der Waals surface area contributed by atoms with E-state index in [-0.39, 0.29) is 25.4 Å². The monoisotopic (exact) mass is 384 g/mol. The molecule has 0 atom stereocenters. The minimum absolute atomic E-state index is 0.0328. The van der Waals surface area contributed by atoms with E-state index in [9.17, 15) is 17.6 Å². The summed E-state index contributed by atoms with van der Waals surface area (Å²) in [5.41, 5.74) is 1.08. The summed E-state index contributed by atoms with van der Waals surface area (Å²) in [7, 11) is -3.59. The van der Waals surface area contributed by atoms with Crippen molar-refractivity contribution in [2.24, 2.45) is 0 Å². The topological polar surface area (TPSA) is 66.5 Å². The van der Waals surface area contributed by atoms with Crippen LogP contribution in [0.2, 0.25) is 5.02 Å². The second-order valence-electron chi connectivity index (χ2n) is 5.43. The first kappa shape index (κ1) is 19.2. The number of nitrogens with zero attached hydrogens (tertiary/aromatic N) is 1. The molecule has 2 aromatic rings. The van der Waals surface area contributed by atoms with E-state index in [1.165, 1.54) is 24.3 Å². The predicted molar refractivity (Wildman–Crippen MR) is 96.5 cm³/mol. The number of carbonyl (C=O) groups excluding carboxylic acids is 1. The molecule has 5 nitrogen and oxygen atoms in total. The Hall–Kier alpha value is -2.12. The van der Waals surface area contributed by atoms with Crippen molar-refractivity contribution in [3.8, 4) is 0 Å². The SMILES string of the molecule is CS(=O)(=O)N(CCC(=O)NCc1ccccc1Cl)c1ccc(F)cc1. The zero-order valence-electron chi connectivity index (χ0n) is 13.6. The van der Waals surface area contributed by atoms with Gasteiger partial charge in [-0.25, -0.2) is 12.8 Å². The first-order chi connectivity index (χ1) is 11.8. The van der Waals surface area contributed by atoms with Crippen molar-refractivity contribution in [1.29, 1.82) is 0 Å². The second-order valence-corrected chi connectivity index (χ2v) is 7.74. The minimum atomic E-state index is -3.59. The highest BCUT2D eigenvalue weighted by Gasteiger charge is 2.18. The molecule has 2 rings (SSSR count). The molecule has 2 aromatic carbocycles. The lowest BCUT2D eigenvalue weighted by molar-refractivity contribution is -0.121. The van der Waals surface area contributed by atoms with Crippen LogP contribution in [0.25, 0.3) is 0 Å². The number of anilines is 1. The molecule has 25 heavy (non-hydrogen) atoms. The summed E-state index contributed by atoms with van der Waals surface area (Å²) >= 11 is 6.02. The Balaban J connectivity index is 1.97. The molecule has 134 valence electrons. The van der Waals surface area contributed by atoms with Crippen LogP contribution in [-0.2, 0) is 21.4 Å². The molecule has 0 aliphatic rings. The average Bonchev–Trinajstić information content (AvgIpc) is 2.55. The van der Waals surface area contributed by atoms with Crippen LogP contribution in [0.1, 0.15) is 12.0 Å². The van der Waals surface area contributed by atoms with Crippen molar-refractivity contribution in [2.75, 3.05) is 17.1 Å². The number of benzene rings is 2. The third-order valence-corrected chi connectivity index (χ3v) is 5.05. The summed E-state index contributed by atoms with van der Waals surface area (Å²) in [5.74, 6) is -0.773. The molecule has 0 bridgehead atoms. The van der Waals surface area contributed by atoms with Gasteiger partial charge in [0.05, 0.1) is 11.9 Å². The maximum absolute atomic E-state index is 13.0. The van der Waals surface area contributed by atoms with E-state index in [4.69, 9.17) is 11.6 Å². The standard InChI is InChI=1S/C17H18ClFN2O3S/c1-25(23,24)21(15-8-6-14(19)7-9-15)11-10-17(22)20-12-13-4-2-3-5-16(13)18/h2-9H,10-12H2,1H3,(H,20,22). The molecule has 0 saturated heterocycles. The molecule has 0 spiro atoms. The van der Waals surface area contributed by atoms with Crippen LogP contribution in [0.3, 0.4) is 0 Å². The van der Waals surface area contributed by atoms with Crippen molar-refractivity contribution >= 4 is 33.2 Å². The fraction of sp³-hybridized carbons (Fsp3) is 0.235. The van der Waals surface area contributed by atoms with Crippen LogP contribution in [0, 0.1) is 5.82 Å². The highest BCUT2D eigenvalue weighted by atomic mass is 35.5. The van der Waals surface area contributed by atoms with E-state index >= 15 is 0 Å². The summed E-state index contributed by atoms with van der Waals surface area (Å²) in [4.78, 5) is 12.0. The quantitative estimate of drug-likeness (QED) is 0.798. The summed E-state index contributed by atoms with van der Waals surface area (Å²) < 4.78 is 38.0. The lowest BCUT2D eigenvalue weighted by Crippen LogP contribution is -2.34. The Morgan fingerprint density at radius 1 is 1.16 bits per heavy atom. The van der Waals surface area contributed by atoms with Crippen molar-refractivity contribution in [2.45, 2.75) is 13.0 Å². The van der Waals surface area contributed by atoms with Gasteiger partial charge in [0.2, 0.25) is 15.9 Å². The van der Waals surface area contributed by atoms with Gasteiger partial charge in [0, 0.05) is 24.5 Å². The van der Waals surface area contributed by atoms with Gasteiger partial charge in [0.1, 0.15) is 5.82 Å². The van der Waals surface area contributed by atoms with Crippen molar-refractivity contribution < 1.29 is 17.6 Å². The molecule has 8 heteroatoms. The molecule has 0 unspecified atom stereocenters. The lowest BCUT2D eigenvalue weighted by Gasteiger charge is -2.22. The van der Waals surface area contributed by atoms with Gasteiger partial charge in [0.25, 0.3) is 0 Å². The first-order valence-electron chi connectivity index (χ1n) is 7.51. The number of amides is 1. The van der Waals surface area contributed by atoms with Gasteiger partial charge in [-0.2, -0.15) is 0 Å². The number of halogens is 2. The van der Waals surface area contributed by atoms with Gasteiger partial charge in [-0.15, -0.1) is 0 Å². The normalized spacial score (nSPS) is 11.2. The highest BCUT2D eigenvalue weighted by Crippen LogP contribution is 2.18. The zero-order valence-corrected chi connectivity index (χ0v) is 15.1. The molecular formula is C17H18ClFN2O3S. The molecule has 1 amide bonds. The Kier molecular flexibility index (Phi) is 6.39. The van der Waals surface area contributed by atoms with Crippen molar-refractivity contribution in [3.05, 3.63) is 64.9 Å². The highest BCUT2D eigenvalue weighted by molar-refractivity contribution is 7.92. The Morgan fingerprint density at radius 3 is 2.40 bits per heavy atom. The molecule has 0 saturated carbocycles. The Labute approximate surface area is 151 Å². The maximum atomic E-state index is 13.0. The van der Waals surface area contributed by atoms with Gasteiger partial charge >= 0.3 is 0 Å². The van der Waals surface area contributed by atoms with Crippen molar-refractivity contribution in [1.82, 2.24) is 5.32 Å². The Bertz CT molecular complexity index is 841. The Morgan fingerprint density at radius 2 is 1.80 bits per heavy atom. The van der Waals surface area contributed by atoms with Crippen molar-refractivity contribution in [3.63, 3.8) is 0 Å². The maximum Gasteiger partial charge on any atom is 0.232 e. The van der Waals surface area contributed by atoms with E-state index < -0.39 is 15.8 Å². The fourth-order valence-corrected chi connectivity index (χ4v) is 3.35. The first-order valence-corrected chi connectivity index (χ1v) is 9.73. The van der Waals surface area contributed by atoms with Gasteiger partial charge in [0.15, 0.2) is 0 Å². The molecule has 1 N–H and O–H groups in total. The predicted octanol–water partition coefficient (Wildman–Crippen LogP) is 2.95. The van der Waals surface area contributed by atoms with E-state index in [0.29, 0.717) is 10.7 Å². The minimum Gasteiger partial charge on any atom is -0.352 e. The van der Waals surface area contributed by atoms with Crippen LogP contribution < -0.4 is 9.62 Å². The summed E-state index contributed by atoms with van der Waals surface area (Å²) in [5, 5.41) is 3.25. The third kappa shape index (κ3) is 5.72. The molecular weight excluding hydrogens is 367 g/mol. The summed E-state index contributed by atoms with van der Waals surface area (Å²) in [6.45, 7) is 0.215. The second kappa shape index (κ2) is 8.31. The number of sulfonamides is 1. The fourth-order valence-electron chi connectivity index (χ4n) is 2.22. The number of hydrogen-bond acceptors (Lipinski definition) is 3.